The third kappa shape index (κ3) is 2.18. The van der Waals surface area contributed by atoms with Gasteiger partial charge < -0.3 is 9.84 Å². The van der Waals surface area contributed by atoms with Crippen LogP contribution in [0.15, 0.2) is 30.3 Å². The van der Waals surface area contributed by atoms with E-state index in [9.17, 15) is 9.90 Å². The standard InChI is InChI=1S/C16H21NO3/c1-15-8-9-16(2,20-15)13(10-15)17(14(18)19)11-12-6-4-3-5-7-12/h3-7,13H,8-11H2,1-2H3,(H,18,19)/t13-,15+,16-/m0/s1. The maximum absolute atomic E-state index is 11.7. The summed E-state index contributed by atoms with van der Waals surface area (Å²) in [6, 6.07) is 9.70. The molecule has 2 bridgehead atoms. The van der Waals surface area contributed by atoms with Gasteiger partial charge in [-0.1, -0.05) is 30.3 Å². The predicted molar refractivity (Wildman–Crippen MR) is 75.5 cm³/mol. The molecule has 2 aliphatic heterocycles. The molecular weight excluding hydrogens is 254 g/mol. The van der Waals surface area contributed by atoms with E-state index in [1.54, 1.807) is 4.90 Å². The van der Waals surface area contributed by atoms with Gasteiger partial charge in [0.1, 0.15) is 0 Å². The van der Waals surface area contributed by atoms with Crippen molar-refractivity contribution in [3.63, 3.8) is 0 Å². The molecule has 1 N–H and O–H groups in total. The van der Waals surface area contributed by atoms with Crippen LogP contribution in [-0.2, 0) is 11.3 Å². The van der Waals surface area contributed by atoms with Crippen LogP contribution < -0.4 is 0 Å². The Hall–Kier alpha value is -1.55. The zero-order chi connectivity index (χ0) is 14.4. The number of fused-ring (bicyclic) bond motifs is 2. The van der Waals surface area contributed by atoms with Gasteiger partial charge in [-0.2, -0.15) is 0 Å². The maximum atomic E-state index is 11.7. The first-order chi connectivity index (χ1) is 9.42. The predicted octanol–water partition coefficient (Wildman–Crippen LogP) is 3.27. The van der Waals surface area contributed by atoms with Crippen molar-refractivity contribution in [2.24, 2.45) is 0 Å². The number of hydrogen-bond acceptors (Lipinski definition) is 2. The van der Waals surface area contributed by atoms with Gasteiger partial charge in [0.2, 0.25) is 0 Å². The van der Waals surface area contributed by atoms with Crippen LogP contribution in [0.3, 0.4) is 0 Å². The Morgan fingerprint density at radius 3 is 2.55 bits per heavy atom. The molecule has 0 spiro atoms. The van der Waals surface area contributed by atoms with Crippen LogP contribution in [0.4, 0.5) is 4.79 Å². The Labute approximate surface area is 119 Å². The van der Waals surface area contributed by atoms with Gasteiger partial charge in [0, 0.05) is 6.54 Å². The Kier molecular flexibility index (Phi) is 3.01. The summed E-state index contributed by atoms with van der Waals surface area (Å²) in [6.45, 7) is 4.58. The summed E-state index contributed by atoms with van der Waals surface area (Å²) >= 11 is 0. The highest BCUT2D eigenvalue weighted by molar-refractivity contribution is 5.66. The summed E-state index contributed by atoms with van der Waals surface area (Å²) in [5.74, 6) is 0. The van der Waals surface area contributed by atoms with E-state index < -0.39 is 6.09 Å². The Balaban J connectivity index is 1.84. The van der Waals surface area contributed by atoms with Gasteiger partial charge in [-0.15, -0.1) is 0 Å². The fraction of sp³-hybridized carbons (Fsp3) is 0.562. The summed E-state index contributed by atoms with van der Waals surface area (Å²) in [5, 5.41) is 9.59. The second-order valence-electron chi connectivity index (χ2n) is 6.48. The number of rotatable bonds is 3. The second-order valence-corrected chi connectivity index (χ2v) is 6.48. The Bertz CT molecular complexity index is 518. The van der Waals surface area contributed by atoms with E-state index in [4.69, 9.17) is 4.74 Å². The molecule has 2 aliphatic rings. The monoisotopic (exact) mass is 275 g/mol. The number of carbonyl (C=O) groups is 1. The van der Waals surface area contributed by atoms with Crippen molar-refractivity contribution in [2.45, 2.75) is 56.9 Å². The van der Waals surface area contributed by atoms with Crippen LogP contribution in [0.1, 0.15) is 38.7 Å². The third-order valence-electron chi connectivity index (χ3n) is 4.78. The van der Waals surface area contributed by atoms with E-state index in [-0.39, 0.29) is 17.2 Å². The highest BCUT2D eigenvalue weighted by Gasteiger charge is 2.59. The summed E-state index contributed by atoms with van der Waals surface area (Å²) in [5.41, 5.74) is 0.539. The highest BCUT2D eigenvalue weighted by atomic mass is 16.5. The molecule has 0 saturated carbocycles. The highest BCUT2D eigenvalue weighted by Crippen LogP contribution is 2.52. The van der Waals surface area contributed by atoms with Crippen molar-refractivity contribution in [1.29, 1.82) is 0 Å². The largest absolute Gasteiger partial charge is 0.465 e. The van der Waals surface area contributed by atoms with E-state index in [0.717, 1.165) is 24.8 Å². The number of nitrogens with zero attached hydrogens (tertiary/aromatic N) is 1. The Morgan fingerprint density at radius 2 is 2.05 bits per heavy atom. The van der Waals surface area contributed by atoms with Gasteiger partial charge in [0.05, 0.1) is 17.2 Å². The maximum Gasteiger partial charge on any atom is 0.407 e. The number of carboxylic acid groups (broad SMARTS) is 1. The molecule has 4 nitrogen and oxygen atoms in total. The van der Waals surface area contributed by atoms with Gasteiger partial charge in [-0.05, 0) is 38.7 Å². The van der Waals surface area contributed by atoms with Crippen LogP contribution in [0.2, 0.25) is 0 Å². The lowest BCUT2D eigenvalue weighted by molar-refractivity contribution is -0.0447. The molecule has 1 aromatic rings. The first-order valence-electron chi connectivity index (χ1n) is 7.16. The van der Waals surface area contributed by atoms with E-state index in [1.165, 1.54) is 0 Å². The number of ether oxygens (including phenoxy) is 1. The minimum atomic E-state index is -0.861. The van der Waals surface area contributed by atoms with Crippen molar-refractivity contribution >= 4 is 6.09 Å². The molecule has 20 heavy (non-hydrogen) atoms. The molecular formula is C16H21NO3. The molecule has 3 atom stereocenters. The summed E-state index contributed by atoms with van der Waals surface area (Å²) in [7, 11) is 0. The summed E-state index contributed by atoms with van der Waals surface area (Å²) < 4.78 is 6.12. The minimum Gasteiger partial charge on any atom is -0.465 e. The third-order valence-corrected chi connectivity index (χ3v) is 4.78. The molecule has 3 rings (SSSR count). The SMILES string of the molecule is C[C@]12CC[C@](C)(O1)[C@@H](N(Cc1ccccc1)C(=O)O)C2. The van der Waals surface area contributed by atoms with Gasteiger partial charge >= 0.3 is 6.09 Å². The average molecular weight is 275 g/mol. The number of amides is 1. The van der Waals surface area contributed by atoms with Crippen molar-refractivity contribution in [3.05, 3.63) is 35.9 Å². The summed E-state index contributed by atoms with van der Waals surface area (Å²) in [6.07, 6.45) is 1.90. The lowest BCUT2D eigenvalue weighted by atomic mass is 9.79. The topological polar surface area (TPSA) is 49.8 Å². The van der Waals surface area contributed by atoms with Crippen LogP contribution in [0, 0.1) is 0 Å². The lowest BCUT2D eigenvalue weighted by Gasteiger charge is -2.37. The zero-order valence-electron chi connectivity index (χ0n) is 12.0. The molecule has 1 aromatic carbocycles. The normalized spacial score (nSPS) is 35.2. The molecule has 0 aliphatic carbocycles. The number of hydrogen-bond donors (Lipinski definition) is 1. The number of benzene rings is 1. The first kappa shape index (κ1) is 13.4. The van der Waals surface area contributed by atoms with Crippen LogP contribution in [0.5, 0.6) is 0 Å². The van der Waals surface area contributed by atoms with Gasteiger partial charge in [0.25, 0.3) is 0 Å². The van der Waals surface area contributed by atoms with E-state index >= 15 is 0 Å². The van der Waals surface area contributed by atoms with Crippen molar-refractivity contribution in [2.75, 3.05) is 0 Å². The smallest absolute Gasteiger partial charge is 0.407 e. The molecule has 4 heteroatoms. The fourth-order valence-corrected chi connectivity index (χ4v) is 3.71. The summed E-state index contributed by atoms with van der Waals surface area (Å²) in [4.78, 5) is 13.2. The molecule has 0 unspecified atom stereocenters. The van der Waals surface area contributed by atoms with Gasteiger partial charge in [0.15, 0.2) is 0 Å². The van der Waals surface area contributed by atoms with Crippen molar-refractivity contribution < 1.29 is 14.6 Å². The molecule has 108 valence electrons. The Morgan fingerprint density at radius 1 is 1.35 bits per heavy atom. The molecule has 0 radical (unpaired) electrons. The van der Waals surface area contributed by atoms with Crippen molar-refractivity contribution in [1.82, 2.24) is 4.90 Å². The van der Waals surface area contributed by atoms with Gasteiger partial charge in [-0.3, -0.25) is 4.90 Å². The fourth-order valence-electron chi connectivity index (χ4n) is 3.71. The lowest BCUT2D eigenvalue weighted by Crippen LogP contribution is -2.50. The first-order valence-corrected chi connectivity index (χ1v) is 7.16. The van der Waals surface area contributed by atoms with E-state index in [2.05, 4.69) is 13.8 Å². The minimum absolute atomic E-state index is 0.0565. The van der Waals surface area contributed by atoms with Gasteiger partial charge in [-0.25, -0.2) is 4.79 Å². The molecule has 0 aromatic heterocycles. The zero-order valence-corrected chi connectivity index (χ0v) is 12.0. The van der Waals surface area contributed by atoms with Crippen LogP contribution in [0.25, 0.3) is 0 Å². The average Bonchev–Trinajstić information content (AvgIpc) is 2.85. The quantitative estimate of drug-likeness (QED) is 0.921. The molecule has 2 fully saturated rings. The molecule has 1 amide bonds. The second kappa shape index (κ2) is 4.48. The van der Waals surface area contributed by atoms with E-state index in [1.807, 2.05) is 30.3 Å². The van der Waals surface area contributed by atoms with Crippen LogP contribution in [-0.4, -0.2) is 33.3 Å². The van der Waals surface area contributed by atoms with E-state index in [0.29, 0.717) is 6.54 Å². The molecule has 2 saturated heterocycles. The van der Waals surface area contributed by atoms with Crippen LogP contribution >= 0.6 is 0 Å². The molecule has 2 heterocycles. The van der Waals surface area contributed by atoms with Crippen molar-refractivity contribution in [3.8, 4) is 0 Å².